The lowest BCUT2D eigenvalue weighted by atomic mass is 10.0. The van der Waals surface area contributed by atoms with Crippen molar-refractivity contribution >= 4 is 27.6 Å². The summed E-state index contributed by atoms with van der Waals surface area (Å²) in [6.45, 7) is 19.6. The molecule has 1 heterocycles. The van der Waals surface area contributed by atoms with E-state index in [1.807, 2.05) is 21.6 Å². The van der Waals surface area contributed by atoms with Gasteiger partial charge in [-0.15, -0.1) is 0 Å². The summed E-state index contributed by atoms with van der Waals surface area (Å²) in [7, 11) is 3.95. The van der Waals surface area contributed by atoms with Crippen molar-refractivity contribution < 1.29 is 30.0 Å². The van der Waals surface area contributed by atoms with E-state index >= 15 is 0 Å². The number of carbonyl (C=O) groups excluding carboxylic acids is 1. The number of esters is 1. The minimum atomic E-state index is -0.412. The maximum Gasteiger partial charge on any atom is 0.305 e. The molecule has 0 amide bonds. The van der Waals surface area contributed by atoms with Crippen molar-refractivity contribution in [3.63, 3.8) is 0 Å². The molecule has 0 radical (unpaired) electrons. The standard InChI is InChI=1S/C80H154N4O6S2/c1-5-9-13-17-21-25-29-31-33-35-39-43-47-49-56-76(85)72-83(73-77(86)57-50-48-44-40-36-34-32-30-26-22-18-14-10-6-2)61-54-53-60-80(89)90-69-67-81-63-65-82(66-64-81)68-71-92-91-70-55-62-84(74-78(87)58-51-45-41-37-27-23-19-15-11-7-3)75-79(88)59-52-46-42-38-28-24-20-16-12-8-4/h21-22,25-26,31-34,76-79,85-88H,5-20,23-24,27-30,35-75H2,1-4H3/b25-21-,26-22-,33-31-,34-32-. The van der Waals surface area contributed by atoms with Crippen LogP contribution >= 0.6 is 21.6 Å². The molecule has 1 aliphatic rings. The molecule has 0 bridgehead atoms. The second kappa shape index (κ2) is 71.1. The van der Waals surface area contributed by atoms with Crippen molar-refractivity contribution in [2.75, 3.05) is 96.6 Å². The predicted molar refractivity (Wildman–Crippen MR) is 407 cm³/mol. The van der Waals surface area contributed by atoms with Gasteiger partial charge in [0.2, 0.25) is 0 Å². The second-order valence-electron chi connectivity index (χ2n) is 27.8. The van der Waals surface area contributed by atoms with Crippen molar-refractivity contribution in [3.8, 4) is 0 Å². The van der Waals surface area contributed by atoms with Gasteiger partial charge in [-0.1, -0.05) is 291 Å². The van der Waals surface area contributed by atoms with Crippen LogP contribution in [-0.2, 0) is 9.53 Å². The SMILES string of the molecule is CCCCC/C=C\C/C=C\CCCCCCC(O)CN(CCCCC(=O)OCCN1CCN(CCSSCCCN(CC(O)CCCCCCCCCCCC)CC(O)CCCCCCCCCCCC)CC1)CC(O)CCCCCC/C=C\C/C=C\CCCCC. The highest BCUT2D eigenvalue weighted by molar-refractivity contribution is 8.76. The summed E-state index contributed by atoms with van der Waals surface area (Å²) in [5, 5.41) is 44.6. The first-order valence-electron chi connectivity index (χ1n) is 39.8. The lowest BCUT2D eigenvalue weighted by Gasteiger charge is -2.34. The molecular weight excluding hydrogens is 1180 g/mol. The van der Waals surface area contributed by atoms with Crippen LogP contribution in [0.15, 0.2) is 48.6 Å². The van der Waals surface area contributed by atoms with Gasteiger partial charge in [0, 0.05) is 83.4 Å². The Kier molecular flexibility index (Phi) is 68.6. The van der Waals surface area contributed by atoms with Crippen molar-refractivity contribution in [1.29, 1.82) is 0 Å². The van der Waals surface area contributed by atoms with Crippen LogP contribution < -0.4 is 0 Å². The number of aliphatic hydroxyl groups excluding tert-OH is 4. The average Bonchev–Trinajstić information content (AvgIpc) is 3.58. The van der Waals surface area contributed by atoms with E-state index in [1.165, 1.54) is 193 Å². The van der Waals surface area contributed by atoms with E-state index in [0.29, 0.717) is 39.2 Å². The van der Waals surface area contributed by atoms with Crippen LogP contribution in [-0.4, -0.2) is 167 Å². The number of piperazine rings is 1. The number of aliphatic hydroxyl groups is 4. The topological polar surface area (TPSA) is 120 Å². The molecule has 542 valence electrons. The molecule has 4 unspecified atom stereocenters. The summed E-state index contributed by atoms with van der Waals surface area (Å²) in [4.78, 5) is 22.5. The van der Waals surface area contributed by atoms with Gasteiger partial charge in [-0.2, -0.15) is 0 Å². The van der Waals surface area contributed by atoms with Crippen molar-refractivity contribution in [2.24, 2.45) is 0 Å². The van der Waals surface area contributed by atoms with Gasteiger partial charge in [0.05, 0.1) is 24.4 Å². The molecule has 92 heavy (non-hydrogen) atoms. The molecule has 12 heteroatoms. The zero-order valence-corrected chi connectivity index (χ0v) is 62.8. The first-order chi connectivity index (χ1) is 45.2. The van der Waals surface area contributed by atoms with E-state index in [9.17, 15) is 25.2 Å². The van der Waals surface area contributed by atoms with Crippen molar-refractivity contribution in [1.82, 2.24) is 19.6 Å². The van der Waals surface area contributed by atoms with Gasteiger partial charge >= 0.3 is 5.97 Å². The van der Waals surface area contributed by atoms with E-state index in [1.54, 1.807) is 0 Å². The Balaban J connectivity index is 2.43. The number of rotatable bonds is 72. The fraction of sp³-hybridized carbons (Fsp3) is 0.887. The Labute approximate surface area is 579 Å². The Morgan fingerprint density at radius 3 is 1.05 bits per heavy atom. The highest BCUT2D eigenvalue weighted by Gasteiger charge is 2.20. The quantitative estimate of drug-likeness (QED) is 0.0201. The monoisotopic (exact) mass is 1330 g/mol. The molecule has 0 aromatic heterocycles. The van der Waals surface area contributed by atoms with Gasteiger partial charge < -0.3 is 25.2 Å². The number of ether oxygens (including phenoxy) is 1. The van der Waals surface area contributed by atoms with Gasteiger partial charge in [-0.3, -0.25) is 24.4 Å². The molecule has 1 saturated heterocycles. The third-order valence-corrected chi connectivity index (χ3v) is 21.1. The summed E-state index contributed by atoms with van der Waals surface area (Å²) in [5.74, 6) is 2.06. The maximum absolute atomic E-state index is 12.9. The number of nitrogens with zero attached hydrogens (tertiary/aromatic N) is 4. The molecule has 0 saturated carbocycles. The van der Waals surface area contributed by atoms with E-state index in [4.69, 9.17) is 4.74 Å². The lowest BCUT2D eigenvalue weighted by molar-refractivity contribution is -0.144. The first-order valence-corrected chi connectivity index (χ1v) is 42.3. The van der Waals surface area contributed by atoms with Gasteiger partial charge in [0.1, 0.15) is 6.61 Å². The zero-order chi connectivity index (χ0) is 66.5. The van der Waals surface area contributed by atoms with Gasteiger partial charge in [-0.05, 0) is 122 Å². The normalized spacial score (nSPS) is 15.1. The van der Waals surface area contributed by atoms with E-state index < -0.39 is 12.2 Å². The fourth-order valence-corrected chi connectivity index (χ4v) is 14.8. The molecule has 0 aromatic carbocycles. The van der Waals surface area contributed by atoms with Crippen LogP contribution in [0, 0.1) is 0 Å². The van der Waals surface area contributed by atoms with E-state index in [-0.39, 0.29) is 18.2 Å². The Morgan fingerprint density at radius 1 is 0.370 bits per heavy atom. The largest absolute Gasteiger partial charge is 0.464 e. The summed E-state index contributed by atoms with van der Waals surface area (Å²) in [5.41, 5.74) is 0. The average molecular weight is 1330 g/mol. The van der Waals surface area contributed by atoms with Gasteiger partial charge in [0.15, 0.2) is 0 Å². The molecule has 10 nitrogen and oxygen atoms in total. The highest BCUT2D eigenvalue weighted by Crippen LogP contribution is 2.23. The summed E-state index contributed by atoms with van der Waals surface area (Å²) in [6.07, 6.45) is 73.2. The molecule has 4 atom stereocenters. The van der Waals surface area contributed by atoms with Gasteiger partial charge in [-0.25, -0.2) is 0 Å². The molecule has 1 aliphatic heterocycles. The van der Waals surface area contributed by atoms with Crippen LogP contribution in [0.1, 0.15) is 336 Å². The maximum atomic E-state index is 12.9. The highest BCUT2D eigenvalue weighted by atomic mass is 33.1. The van der Waals surface area contributed by atoms with Crippen LogP contribution in [0.3, 0.4) is 0 Å². The van der Waals surface area contributed by atoms with Crippen LogP contribution in [0.25, 0.3) is 0 Å². The Morgan fingerprint density at radius 2 is 0.674 bits per heavy atom. The smallest absolute Gasteiger partial charge is 0.305 e. The Hall–Kier alpha value is -1.19. The minimum Gasteiger partial charge on any atom is -0.464 e. The van der Waals surface area contributed by atoms with Gasteiger partial charge in [0.25, 0.3) is 0 Å². The fourth-order valence-electron chi connectivity index (χ4n) is 12.7. The van der Waals surface area contributed by atoms with Crippen LogP contribution in [0.4, 0.5) is 0 Å². The summed E-state index contributed by atoms with van der Waals surface area (Å²) < 4.78 is 5.75. The molecule has 1 fully saturated rings. The molecule has 0 spiro atoms. The summed E-state index contributed by atoms with van der Waals surface area (Å²) in [6, 6.07) is 0. The van der Waals surface area contributed by atoms with E-state index in [0.717, 1.165) is 173 Å². The number of allylic oxidation sites excluding steroid dienone is 8. The molecule has 0 aromatic rings. The van der Waals surface area contributed by atoms with Crippen LogP contribution in [0.2, 0.25) is 0 Å². The first kappa shape index (κ1) is 88.8. The van der Waals surface area contributed by atoms with Crippen molar-refractivity contribution in [3.05, 3.63) is 48.6 Å². The second-order valence-corrected chi connectivity index (χ2v) is 30.5. The molecule has 0 aliphatic carbocycles. The number of hydrogen-bond acceptors (Lipinski definition) is 12. The predicted octanol–water partition coefficient (Wildman–Crippen LogP) is 20.6. The molecule has 1 rings (SSSR count). The molecular formula is C80H154N4O6S2. The third kappa shape index (κ3) is 63.5. The number of hydrogen-bond donors (Lipinski definition) is 4. The molecule has 4 N–H and O–H groups in total. The van der Waals surface area contributed by atoms with E-state index in [2.05, 4.69) is 95.9 Å². The third-order valence-electron chi connectivity index (χ3n) is 18.7. The number of unbranched alkanes of at least 4 members (excludes halogenated alkanes) is 33. The lowest BCUT2D eigenvalue weighted by Crippen LogP contribution is -2.47. The number of carbonyl (C=O) groups is 1. The van der Waals surface area contributed by atoms with Crippen LogP contribution in [0.5, 0.6) is 0 Å². The van der Waals surface area contributed by atoms with Crippen molar-refractivity contribution in [2.45, 2.75) is 360 Å². The zero-order valence-electron chi connectivity index (χ0n) is 61.2. The summed E-state index contributed by atoms with van der Waals surface area (Å²) >= 11 is 0. The Bertz CT molecular complexity index is 1550. The minimum absolute atomic E-state index is 0.123.